The smallest absolute Gasteiger partial charge is 0.246 e. The maximum atomic E-state index is 13.6. The van der Waals surface area contributed by atoms with Crippen LogP contribution in [-0.4, -0.2) is 47.1 Å². The van der Waals surface area contributed by atoms with Gasteiger partial charge in [0, 0.05) is 18.0 Å². The average molecular weight is 420 g/mol. The summed E-state index contributed by atoms with van der Waals surface area (Å²) in [5.41, 5.74) is 0. The molecule has 2 aromatic rings. The summed E-state index contributed by atoms with van der Waals surface area (Å²) >= 11 is 1.34. The van der Waals surface area contributed by atoms with Crippen molar-refractivity contribution in [1.82, 2.24) is 4.31 Å². The lowest BCUT2D eigenvalue weighted by atomic mass is 10.2. The molecule has 0 spiro atoms. The van der Waals surface area contributed by atoms with Crippen LogP contribution in [0.25, 0.3) is 0 Å². The highest BCUT2D eigenvalue weighted by Crippen LogP contribution is 2.35. The number of sulfone groups is 1. The fourth-order valence-electron chi connectivity index (χ4n) is 2.95. The molecule has 1 aliphatic heterocycles. The summed E-state index contributed by atoms with van der Waals surface area (Å²) in [7, 11) is -6.27. The van der Waals surface area contributed by atoms with Crippen molar-refractivity contribution in [2.45, 2.75) is 16.6 Å². The van der Waals surface area contributed by atoms with Crippen molar-refractivity contribution >= 4 is 31.2 Å². The lowest BCUT2D eigenvalue weighted by Gasteiger charge is -2.21. The van der Waals surface area contributed by atoms with Gasteiger partial charge in [0.05, 0.1) is 18.1 Å². The van der Waals surface area contributed by atoms with Crippen molar-refractivity contribution in [3.8, 4) is 5.75 Å². The third-order valence-electron chi connectivity index (χ3n) is 4.30. The molecule has 26 heavy (non-hydrogen) atoms. The second-order valence-electron chi connectivity index (χ2n) is 5.86. The van der Waals surface area contributed by atoms with Crippen LogP contribution in [0.4, 0.5) is 4.39 Å². The Kier molecular flexibility index (Phi) is 5.38. The van der Waals surface area contributed by atoms with E-state index in [1.807, 2.05) is 0 Å². The molecular formula is C16H18FNO5S3. The van der Waals surface area contributed by atoms with Gasteiger partial charge in [-0.2, -0.15) is 4.31 Å². The molecule has 1 unspecified atom stereocenters. The number of halogens is 1. The number of hydrogen-bond acceptors (Lipinski definition) is 6. The zero-order valence-electron chi connectivity index (χ0n) is 14.0. The number of nitrogens with zero attached hydrogens (tertiary/aromatic N) is 1. The molecule has 1 atom stereocenters. The quantitative estimate of drug-likeness (QED) is 0.760. The van der Waals surface area contributed by atoms with Gasteiger partial charge in [-0.05, 0) is 36.1 Å². The van der Waals surface area contributed by atoms with Crippen LogP contribution in [0.5, 0.6) is 5.75 Å². The van der Waals surface area contributed by atoms with E-state index in [1.54, 1.807) is 17.5 Å². The van der Waals surface area contributed by atoms with E-state index in [-0.39, 0.29) is 35.9 Å². The number of sulfonamides is 1. The van der Waals surface area contributed by atoms with Crippen LogP contribution in [-0.2, 0) is 19.9 Å². The highest BCUT2D eigenvalue weighted by molar-refractivity contribution is 7.92. The van der Waals surface area contributed by atoms with Crippen LogP contribution in [0.2, 0.25) is 0 Å². The number of hydrogen-bond donors (Lipinski definition) is 0. The monoisotopic (exact) mass is 419 g/mol. The lowest BCUT2D eigenvalue weighted by Crippen LogP contribution is -2.34. The standard InChI is InChI=1S/C16H18FNO5S3/c1-23-13-5-4-12(17)11-16(13)26(21,22)18-7-6-15(14-3-2-9-24-14)25(19,20)10-8-18/h2-5,9,11,15H,6-8,10H2,1H3. The number of ether oxygens (including phenoxy) is 1. The lowest BCUT2D eigenvalue weighted by molar-refractivity contribution is 0.391. The van der Waals surface area contributed by atoms with E-state index in [0.29, 0.717) is 4.88 Å². The summed E-state index contributed by atoms with van der Waals surface area (Å²) in [5, 5.41) is 1.07. The predicted octanol–water partition coefficient (Wildman–Crippen LogP) is 2.45. The van der Waals surface area contributed by atoms with Gasteiger partial charge in [0.1, 0.15) is 16.5 Å². The third-order valence-corrected chi connectivity index (χ3v) is 9.47. The molecule has 10 heteroatoms. The Morgan fingerprint density at radius 1 is 1.27 bits per heavy atom. The molecule has 3 rings (SSSR count). The molecule has 1 aromatic heterocycles. The summed E-state index contributed by atoms with van der Waals surface area (Å²) in [6.07, 6.45) is 0.152. The Morgan fingerprint density at radius 3 is 2.69 bits per heavy atom. The first kappa shape index (κ1) is 19.3. The fourth-order valence-corrected chi connectivity index (χ4v) is 7.69. The Balaban J connectivity index is 1.95. The van der Waals surface area contributed by atoms with Crippen molar-refractivity contribution in [3.05, 3.63) is 46.4 Å². The van der Waals surface area contributed by atoms with Crippen LogP contribution in [0.1, 0.15) is 16.5 Å². The second-order valence-corrected chi connectivity index (χ2v) is 11.0. The number of methoxy groups -OCH3 is 1. The zero-order valence-corrected chi connectivity index (χ0v) is 16.4. The zero-order chi connectivity index (χ0) is 18.9. The molecular weight excluding hydrogens is 401 g/mol. The molecule has 0 saturated carbocycles. The van der Waals surface area contributed by atoms with Crippen LogP contribution in [0.3, 0.4) is 0 Å². The first-order valence-corrected chi connectivity index (χ1v) is 11.9. The first-order valence-electron chi connectivity index (χ1n) is 7.84. The van der Waals surface area contributed by atoms with Gasteiger partial charge < -0.3 is 4.74 Å². The second kappa shape index (κ2) is 7.26. The predicted molar refractivity (Wildman–Crippen MR) is 97.2 cm³/mol. The molecule has 1 saturated heterocycles. The molecule has 0 bridgehead atoms. The topological polar surface area (TPSA) is 80.8 Å². The van der Waals surface area contributed by atoms with Gasteiger partial charge in [-0.3, -0.25) is 0 Å². The molecule has 1 fully saturated rings. The normalized spacial score (nSPS) is 21.2. The Morgan fingerprint density at radius 2 is 2.04 bits per heavy atom. The minimum atomic E-state index is -4.09. The third kappa shape index (κ3) is 3.64. The van der Waals surface area contributed by atoms with Gasteiger partial charge in [-0.25, -0.2) is 21.2 Å². The molecule has 0 radical (unpaired) electrons. The van der Waals surface area contributed by atoms with Gasteiger partial charge in [-0.15, -0.1) is 11.3 Å². The molecule has 1 aromatic carbocycles. The first-order chi connectivity index (χ1) is 12.3. The molecule has 0 N–H and O–H groups in total. The van der Waals surface area contributed by atoms with Crippen molar-refractivity contribution in [3.63, 3.8) is 0 Å². The fraction of sp³-hybridized carbons (Fsp3) is 0.375. The summed E-state index contributed by atoms with van der Waals surface area (Å²) in [5.74, 6) is -0.969. The summed E-state index contributed by atoms with van der Waals surface area (Å²) in [4.78, 5) is 0.402. The van der Waals surface area contributed by atoms with Crippen molar-refractivity contribution in [1.29, 1.82) is 0 Å². The highest BCUT2D eigenvalue weighted by atomic mass is 32.2. The van der Waals surface area contributed by atoms with E-state index in [0.717, 1.165) is 16.4 Å². The highest BCUT2D eigenvalue weighted by Gasteiger charge is 2.37. The molecule has 2 heterocycles. The number of thiophene rings is 1. The van der Waals surface area contributed by atoms with Crippen molar-refractivity contribution < 1.29 is 26.0 Å². The Labute approximate surface area is 156 Å². The summed E-state index contributed by atoms with van der Waals surface area (Å²) in [6, 6.07) is 6.76. The largest absolute Gasteiger partial charge is 0.495 e. The van der Waals surface area contributed by atoms with Gasteiger partial charge in [0.25, 0.3) is 0 Å². The molecule has 142 valence electrons. The van der Waals surface area contributed by atoms with Gasteiger partial charge in [-0.1, -0.05) is 6.07 Å². The van der Waals surface area contributed by atoms with E-state index in [4.69, 9.17) is 4.74 Å². The SMILES string of the molecule is COc1ccc(F)cc1S(=O)(=O)N1CCC(c2cccs2)S(=O)(=O)CC1. The maximum absolute atomic E-state index is 13.6. The van der Waals surface area contributed by atoms with E-state index in [1.165, 1.54) is 24.5 Å². The van der Waals surface area contributed by atoms with Crippen molar-refractivity contribution in [2.24, 2.45) is 0 Å². The van der Waals surface area contributed by atoms with Crippen LogP contribution < -0.4 is 4.74 Å². The van der Waals surface area contributed by atoms with E-state index in [2.05, 4.69) is 0 Å². The number of rotatable bonds is 4. The Hall–Kier alpha value is -1.49. The van der Waals surface area contributed by atoms with Crippen LogP contribution in [0.15, 0.2) is 40.6 Å². The van der Waals surface area contributed by atoms with Gasteiger partial charge in [0.15, 0.2) is 9.84 Å². The van der Waals surface area contributed by atoms with Gasteiger partial charge in [0.2, 0.25) is 10.0 Å². The average Bonchev–Trinajstić information content (AvgIpc) is 3.05. The molecule has 0 amide bonds. The Bertz CT molecular complexity index is 987. The summed E-state index contributed by atoms with van der Waals surface area (Å²) in [6.45, 7) is -0.143. The number of benzene rings is 1. The van der Waals surface area contributed by atoms with E-state index >= 15 is 0 Å². The minimum absolute atomic E-state index is 0.0216. The van der Waals surface area contributed by atoms with Crippen LogP contribution >= 0.6 is 11.3 Å². The maximum Gasteiger partial charge on any atom is 0.246 e. The van der Waals surface area contributed by atoms with E-state index < -0.39 is 30.9 Å². The molecule has 0 aliphatic carbocycles. The van der Waals surface area contributed by atoms with Crippen LogP contribution in [0, 0.1) is 5.82 Å². The van der Waals surface area contributed by atoms with Gasteiger partial charge >= 0.3 is 0 Å². The van der Waals surface area contributed by atoms with E-state index in [9.17, 15) is 21.2 Å². The molecule has 6 nitrogen and oxygen atoms in total. The molecule has 1 aliphatic rings. The minimum Gasteiger partial charge on any atom is -0.495 e. The summed E-state index contributed by atoms with van der Waals surface area (Å²) < 4.78 is 70.8. The van der Waals surface area contributed by atoms with Crippen molar-refractivity contribution in [2.75, 3.05) is 26.0 Å².